The van der Waals surface area contributed by atoms with Gasteiger partial charge in [-0.15, -0.1) is 0 Å². The summed E-state index contributed by atoms with van der Waals surface area (Å²) in [5.41, 5.74) is 5.51. The Bertz CT molecular complexity index is 482. The van der Waals surface area contributed by atoms with Gasteiger partial charge >= 0.3 is 5.97 Å². The highest BCUT2D eigenvalue weighted by Crippen LogP contribution is 1.97. The zero-order valence-corrected chi connectivity index (χ0v) is 10.3. The van der Waals surface area contributed by atoms with Gasteiger partial charge in [0.15, 0.2) is 0 Å². The number of hydrogen-bond donors (Lipinski definition) is 1. The zero-order valence-electron chi connectivity index (χ0n) is 9.51. The van der Waals surface area contributed by atoms with Gasteiger partial charge in [-0.25, -0.2) is 0 Å². The van der Waals surface area contributed by atoms with Crippen LogP contribution in [0.15, 0.2) is 23.1 Å². The van der Waals surface area contributed by atoms with Gasteiger partial charge in [-0.05, 0) is 18.6 Å². The molecule has 0 aliphatic rings. The van der Waals surface area contributed by atoms with E-state index in [1.807, 2.05) is 0 Å². The first-order valence-electron chi connectivity index (χ1n) is 5.12. The number of nitrogens with two attached hydrogens (primary N) is 1. The maximum atomic E-state index is 11.8. The molecule has 0 saturated heterocycles. The summed E-state index contributed by atoms with van der Waals surface area (Å²) in [5, 5.41) is 0. The lowest BCUT2D eigenvalue weighted by Gasteiger charge is -2.06. The first-order valence-corrected chi connectivity index (χ1v) is 5.53. The van der Waals surface area contributed by atoms with Crippen LogP contribution in [-0.4, -0.2) is 22.6 Å². The monoisotopic (exact) mass is 254 g/mol. The molecule has 6 heteroatoms. The van der Waals surface area contributed by atoms with Crippen LogP contribution in [0.1, 0.15) is 18.4 Å². The van der Waals surface area contributed by atoms with E-state index in [-0.39, 0.29) is 22.9 Å². The summed E-state index contributed by atoms with van der Waals surface area (Å²) >= 11 is 4.77. The quantitative estimate of drug-likeness (QED) is 0.609. The van der Waals surface area contributed by atoms with E-state index in [1.165, 1.54) is 11.7 Å². The Morgan fingerprint density at radius 1 is 1.59 bits per heavy atom. The average Bonchev–Trinajstić information content (AvgIpc) is 2.30. The summed E-state index contributed by atoms with van der Waals surface area (Å²) in [6, 6.07) is 3.29. The third kappa shape index (κ3) is 3.67. The van der Waals surface area contributed by atoms with Crippen LogP contribution in [0.3, 0.4) is 0 Å². The van der Waals surface area contributed by atoms with Gasteiger partial charge in [-0.2, -0.15) is 0 Å². The van der Waals surface area contributed by atoms with Crippen molar-refractivity contribution in [3.63, 3.8) is 0 Å². The van der Waals surface area contributed by atoms with Crippen LogP contribution in [0.4, 0.5) is 0 Å². The summed E-state index contributed by atoms with van der Waals surface area (Å²) in [7, 11) is 1.34. The first kappa shape index (κ1) is 13.4. The van der Waals surface area contributed by atoms with Crippen LogP contribution < -0.4 is 11.3 Å². The van der Waals surface area contributed by atoms with E-state index in [1.54, 1.807) is 18.3 Å². The zero-order chi connectivity index (χ0) is 12.8. The first-order chi connectivity index (χ1) is 8.06. The number of carbonyl (C=O) groups is 1. The number of rotatable bonds is 5. The molecule has 0 amide bonds. The lowest BCUT2D eigenvalue weighted by atomic mass is 10.2. The fraction of sp³-hybridized carbons (Fsp3) is 0.364. The van der Waals surface area contributed by atoms with Gasteiger partial charge in [0.1, 0.15) is 4.99 Å². The van der Waals surface area contributed by atoms with Crippen LogP contribution in [0.2, 0.25) is 0 Å². The number of aromatic nitrogens is 1. The lowest BCUT2D eigenvalue weighted by molar-refractivity contribution is -0.140. The number of pyridine rings is 1. The fourth-order valence-electron chi connectivity index (χ4n) is 1.40. The molecule has 1 aromatic heterocycles. The molecule has 0 unspecified atom stereocenters. The molecule has 0 aromatic carbocycles. The molecule has 0 radical (unpaired) electrons. The molecule has 0 bridgehead atoms. The maximum absolute atomic E-state index is 11.8. The normalized spacial score (nSPS) is 9.94. The van der Waals surface area contributed by atoms with Crippen molar-refractivity contribution < 1.29 is 9.53 Å². The summed E-state index contributed by atoms with van der Waals surface area (Å²) < 4.78 is 6.00. The number of thiocarbonyl (C=S) groups is 1. The minimum atomic E-state index is -0.288. The van der Waals surface area contributed by atoms with Crippen molar-refractivity contribution in [1.29, 1.82) is 0 Å². The SMILES string of the molecule is COC(=O)CCCn1cccc(C(N)=S)c1=O. The molecule has 1 aromatic rings. The maximum Gasteiger partial charge on any atom is 0.305 e. The minimum Gasteiger partial charge on any atom is -0.469 e. The van der Waals surface area contributed by atoms with E-state index in [4.69, 9.17) is 18.0 Å². The number of nitrogens with zero attached hydrogens (tertiary/aromatic N) is 1. The smallest absolute Gasteiger partial charge is 0.305 e. The molecule has 1 rings (SSSR count). The van der Waals surface area contributed by atoms with Gasteiger partial charge < -0.3 is 15.0 Å². The van der Waals surface area contributed by atoms with E-state index in [2.05, 4.69) is 4.74 Å². The number of methoxy groups -OCH3 is 1. The fourth-order valence-corrected chi connectivity index (χ4v) is 1.55. The Morgan fingerprint density at radius 2 is 2.29 bits per heavy atom. The highest BCUT2D eigenvalue weighted by Gasteiger charge is 2.06. The van der Waals surface area contributed by atoms with Crippen LogP contribution in [0.5, 0.6) is 0 Å². The molecule has 0 atom stereocenters. The largest absolute Gasteiger partial charge is 0.469 e. The van der Waals surface area contributed by atoms with Crippen molar-refractivity contribution in [3.8, 4) is 0 Å². The Labute approximate surface area is 104 Å². The van der Waals surface area contributed by atoms with E-state index < -0.39 is 0 Å². The number of hydrogen-bond acceptors (Lipinski definition) is 4. The molecule has 0 aliphatic heterocycles. The molecule has 92 valence electrons. The van der Waals surface area contributed by atoms with Gasteiger partial charge in [0, 0.05) is 19.2 Å². The van der Waals surface area contributed by atoms with Gasteiger partial charge in [0.05, 0.1) is 12.7 Å². The van der Waals surface area contributed by atoms with Crippen molar-refractivity contribution in [1.82, 2.24) is 4.57 Å². The van der Waals surface area contributed by atoms with Crippen molar-refractivity contribution in [2.45, 2.75) is 19.4 Å². The Morgan fingerprint density at radius 3 is 2.88 bits per heavy atom. The number of carbonyl (C=O) groups excluding carboxylic acids is 1. The molecule has 17 heavy (non-hydrogen) atoms. The molecule has 0 aliphatic carbocycles. The Balaban J connectivity index is 2.72. The van der Waals surface area contributed by atoms with Crippen LogP contribution in [-0.2, 0) is 16.1 Å². The van der Waals surface area contributed by atoms with E-state index in [0.717, 1.165) is 0 Å². The minimum absolute atomic E-state index is 0.0808. The predicted octanol–water partition coefficient (Wildman–Crippen LogP) is 0.436. The third-order valence-corrected chi connectivity index (χ3v) is 2.51. The van der Waals surface area contributed by atoms with E-state index >= 15 is 0 Å². The summed E-state index contributed by atoms with van der Waals surface area (Å²) in [4.78, 5) is 22.8. The van der Waals surface area contributed by atoms with Gasteiger partial charge in [0.2, 0.25) is 0 Å². The van der Waals surface area contributed by atoms with Crippen molar-refractivity contribution in [2.75, 3.05) is 7.11 Å². The van der Waals surface area contributed by atoms with Crippen LogP contribution in [0, 0.1) is 0 Å². The second-order valence-electron chi connectivity index (χ2n) is 3.46. The van der Waals surface area contributed by atoms with Gasteiger partial charge in [-0.3, -0.25) is 9.59 Å². The van der Waals surface area contributed by atoms with Crippen LogP contribution >= 0.6 is 12.2 Å². The van der Waals surface area contributed by atoms with Crippen molar-refractivity contribution in [3.05, 3.63) is 34.2 Å². The standard InChI is InChI=1S/C11H14N2O3S/c1-16-9(14)5-3-7-13-6-2-4-8(10(12)17)11(13)15/h2,4,6H,3,5,7H2,1H3,(H2,12,17). The highest BCUT2D eigenvalue weighted by atomic mass is 32.1. The van der Waals surface area contributed by atoms with Crippen molar-refractivity contribution in [2.24, 2.45) is 5.73 Å². The summed E-state index contributed by atoms with van der Waals surface area (Å²) in [6.45, 7) is 0.435. The van der Waals surface area contributed by atoms with E-state index in [0.29, 0.717) is 18.5 Å². The van der Waals surface area contributed by atoms with Crippen molar-refractivity contribution >= 4 is 23.2 Å². The molecule has 0 fully saturated rings. The molecule has 0 spiro atoms. The predicted molar refractivity (Wildman–Crippen MR) is 67.8 cm³/mol. The Kier molecular flexibility index (Phi) is 4.84. The molecular weight excluding hydrogens is 240 g/mol. The number of aryl methyl sites for hydroxylation is 1. The van der Waals surface area contributed by atoms with Crippen LogP contribution in [0.25, 0.3) is 0 Å². The number of esters is 1. The highest BCUT2D eigenvalue weighted by molar-refractivity contribution is 7.80. The average molecular weight is 254 g/mol. The molecule has 1 heterocycles. The molecular formula is C11H14N2O3S. The molecule has 5 nitrogen and oxygen atoms in total. The molecule has 2 N–H and O–H groups in total. The summed E-state index contributed by atoms with van der Waals surface area (Å²) in [5.74, 6) is -0.288. The topological polar surface area (TPSA) is 74.3 Å². The van der Waals surface area contributed by atoms with Gasteiger partial charge in [-0.1, -0.05) is 12.2 Å². The lowest BCUT2D eigenvalue weighted by Crippen LogP contribution is -2.28. The summed E-state index contributed by atoms with van der Waals surface area (Å²) in [6.07, 6.45) is 2.45. The Hall–Kier alpha value is -1.69. The number of ether oxygens (including phenoxy) is 1. The van der Waals surface area contributed by atoms with E-state index in [9.17, 15) is 9.59 Å². The van der Waals surface area contributed by atoms with Gasteiger partial charge in [0.25, 0.3) is 5.56 Å². The second kappa shape index (κ2) is 6.15. The molecule has 0 saturated carbocycles. The third-order valence-electron chi connectivity index (χ3n) is 2.29. The second-order valence-corrected chi connectivity index (χ2v) is 3.90.